The summed E-state index contributed by atoms with van der Waals surface area (Å²) in [5.41, 5.74) is 0.0640. The minimum absolute atomic E-state index is 0.0640. The van der Waals surface area contributed by atoms with Gasteiger partial charge in [-0.15, -0.1) is 0 Å². The summed E-state index contributed by atoms with van der Waals surface area (Å²) in [6.07, 6.45) is 4.70. The van der Waals surface area contributed by atoms with E-state index in [0.29, 0.717) is 19.6 Å². The van der Waals surface area contributed by atoms with E-state index in [-0.39, 0.29) is 17.5 Å². The van der Waals surface area contributed by atoms with Gasteiger partial charge in [-0.25, -0.2) is 0 Å². The average molecular weight is 358 g/mol. The number of carbonyl (C=O) groups excluding carboxylic acids is 1. The molecule has 0 aromatic heterocycles. The summed E-state index contributed by atoms with van der Waals surface area (Å²) in [7, 11) is 1.74. The standard InChI is InChI=1S/C19H39N3O3/c1-7-20-18(22-15-16(24-6)19(3,4)5)21-14-12-10-9-11-13-17(23)25-8-2/h16H,7-15H2,1-6H3,(H2,20,21,22). The van der Waals surface area contributed by atoms with Crippen LogP contribution >= 0.6 is 0 Å². The van der Waals surface area contributed by atoms with Gasteiger partial charge in [0.05, 0.1) is 19.3 Å². The Morgan fingerprint density at radius 1 is 1.08 bits per heavy atom. The predicted octanol–water partition coefficient (Wildman–Crippen LogP) is 3.12. The molecule has 0 amide bonds. The lowest BCUT2D eigenvalue weighted by atomic mass is 9.89. The number of guanidine groups is 1. The Morgan fingerprint density at radius 3 is 2.32 bits per heavy atom. The summed E-state index contributed by atoms with van der Waals surface area (Å²) in [4.78, 5) is 15.9. The van der Waals surface area contributed by atoms with Gasteiger partial charge in [0.1, 0.15) is 0 Å². The first-order valence-electron chi connectivity index (χ1n) is 9.55. The molecule has 0 radical (unpaired) electrons. The molecule has 25 heavy (non-hydrogen) atoms. The van der Waals surface area contributed by atoms with Crippen LogP contribution in [-0.4, -0.2) is 51.4 Å². The van der Waals surface area contributed by atoms with Gasteiger partial charge in [0.15, 0.2) is 5.96 Å². The monoisotopic (exact) mass is 357 g/mol. The van der Waals surface area contributed by atoms with Crippen molar-refractivity contribution >= 4 is 11.9 Å². The maximum atomic E-state index is 11.2. The van der Waals surface area contributed by atoms with Crippen LogP contribution in [0.4, 0.5) is 0 Å². The number of hydrogen-bond donors (Lipinski definition) is 2. The second-order valence-electron chi connectivity index (χ2n) is 7.21. The van der Waals surface area contributed by atoms with Crippen molar-refractivity contribution in [3.63, 3.8) is 0 Å². The molecule has 1 atom stereocenters. The molecule has 148 valence electrons. The van der Waals surface area contributed by atoms with Gasteiger partial charge in [-0.3, -0.25) is 9.79 Å². The van der Waals surface area contributed by atoms with Gasteiger partial charge < -0.3 is 20.1 Å². The first-order valence-corrected chi connectivity index (χ1v) is 9.55. The fourth-order valence-corrected chi connectivity index (χ4v) is 2.41. The van der Waals surface area contributed by atoms with E-state index in [1.807, 2.05) is 6.92 Å². The molecule has 1 unspecified atom stereocenters. The van der Waals surface area contributed by atoms with E-state index in [0.717, 1.165) is 44.7 Å². The molecule has 0 saturated carbocycles. The van der Waals surface area contributed by atoms with Crippen LogP contribution < -0.4 is 10.6 Å². The first kappa shape index (κ1) is 23.7. The largest absolute Gasteiger partial charge is 0.466 e. The molecule has 6 nitrogen and oxygen atoms in total. The maximum Gasteiger partial charge on any atom is 0.305 e. The minimum Gasteiger partial charge on any atom is -0.466 e. The quantitative estimate of drug-likeness (QED) is 0.243. The number of nitrogens with zero attached hydrogens (tertiary/aromatic N) is 1. The molecular formula is C19H39N3O3. The number of ether oxygens (including phenoxy) is 2. The summed E-state index contributed by atoms with van der Waals surface area (Å²) in [6, 6.07) is 0. The van der Waals surface area contributed by atoms with Crippen LogP contribution in [0.2, 0.25) is 0 Å². The SMILES string of the molecule is CCNC(=NCC(OC)C(C)(C)C)NCCCCCCC(=O)OCC. The van der Waals surface area contributed by atoms with Gasteiger partial charge in [-0.05, 0) is 32.1 Å². The summed E-state index contributed by atoms with van der Waals surface area (Å²) in [6.45, 7) is 13.2. The van der Waals surface area contributed by atoms with E-state index in [2.05, 4.69) is 43.3 Å². The normalized spacial score (nSPS) is 13.4. The molecule has 6 heteroatoms. The third kappa shape index (κ3) is 12.7. The molecule has 0 fully saturated rings. The average Bonchev–Trinajstić information content (AvgIpc) is 2.53. The van der Waals surface area contributed by atoms with Crippen molar-refractivity contribution in [3.8, 4) is 0 Å². The topological polar surface area (TPSA) is 72.0 Å². The Kier molecular flexibility index (Phi) is 13.2. The Balaban J connectivity index is 4.03. The van der Waals surface area contributed by atoms with Crippen LogP contribution in [0.15, 0.2) is 4.99 Å². The molecule has 0 heterocycles. The van der Waals surface area contributed by atoms with Crippen LogP contribution in [0.3, 0.4) is 0 Å². The van der Waals surface area contributed by atoms with Crippen LogP contribution in [-0.2, 0) is 14.3 Å². The zero-order valence-corrected chi connectivity index (χ0v) is 17.1. The van der Waals surface area contributed by atoms with Crippen molar-refractivity contribution in [1.82, 2.24) is 10.6 Å². The van der Waals surface area contributed by atoms with Gasteiger partial charge in [0.25, 0.3) is 0 Å². The Hall–Kier alpha value is -1.30. The van der Waals surface area contributed by atoms with Crippen molar-refractivity contribution in [2.45, 2.75) is 72.8 Å². The molecular weight excluding hydrogens is 318 g/mol. The second-order valence-corrected chi connectivity index (χ2v) is 7.21. The van der Waals surface area contributed by atoms with Gasteiger partial charge in [-0.2, -0.15) is 0 Å². The van der Waals surface area contributed by atoms with Crippen molar-refractivity contribution < 1.29 is 14.3 Å². The Morgan fingerprint density at radius 2 is 1.76 bits per heavy atom. The smallest absolute Gasteiger partial charge is 0.305 e. The summed E-state index contributed by atoms with van der Waals surface area (Å²) >= 11 is 0. The van der Waals surface area contributed by atoms with Crippen LogP contribution in [0, 0.1) is 5.41 Å². The molecule has 0 spiro atoms. The fraction of sp³-hybridized carbons (Fsp3) is 0.895. The summed E-state index contributed by atoms with van der Waals surface area (Å²) < 4.78 is 10.5. The molecule has 0 aromatic carbocycles. The predicted molar refractivity (Wildman–Crippen MR) is 104 cm³/mol. The molecule has 0 bridgehead atoms. The molecule has 0 saturated heterocycles. The van der Waals surface area contributed by atoms with Gasteiger partial charge in [0, 0.05) is 26.6 Å². The molecule has 0 aromatic rings. The lowest BCUT2D eigenvalue weighted by Crippen LogP contribution is -2.39. The highest BCUT2D eigenvalue weighted by Crippen LogP contribution is 2.21. The second kappa shape index (κ2) is 13.9. The highest BCUT2D eigenvalue weighted by atomic mass is 16.5. The lowest BCUT2D eigenvalue weighted by Gasteiger charge is -2.28. The molecule has 0 aliphatic rings. The highest BCUT2D eigenvalue weighted by molar-refractivity contribution is 5.79. The zero-order valence-electron chi connectivity index (χ0n) is 17.1. The van der Waals surface area contributed by atoms with Gasteiger partial charge >= 0.3 is 5.97 Å². The summed E-state index contributed by atoms with van der Waals surface area (Å²) in [5, 5.41) is 6.63. The molecule has 0 aliphatic heterocycles. The highest BCUT2D eigenvalue weighted by Gasteiger charge is 2.23. The molecule has 0 rings (SSSR count). The number of hydrogen-bond acceptors (Lipinski definition) is 4. The van der Waals surface area contributed by atoms with E-state index in [1.165, 1.54) is 0 Å². The van der Waals surface area contributed by atoms with Gasteiger partial charge in [0.2, 0.25) is 0 Å². The van der Waals surface area contributed by atoms with Crippen LogP contribution in [0.5, 0.6) is 0 Å². The molecule has 0 aliphatic carbocycles. The third-order valence-electron chi connectivity index (χ3n) is 3.92. The van der Waals surface area contributed by atoms with Crippen molar-refractivity contribution in [3.05, 3.63) is 0 Å². The third-order valence-corrected chi connectivity index (χ3v) is 3.92. The lowest BCUT2D eigenvalue weighted by molar-refractivity contribution is -0.143. The minimum atomic E-state index is -0.0891. The number of nitrogens with one attached hydrogen (secondary N) is 2. The maximum absolute atomic E-state index is 11.2. The Bertz CT molecular complexity index is 379. The molecule has 2 N–H and O–H groups in total. The van der Waals surface area contributed by atoms with Crippen molar-refractivity contribution in [1.29, 1.82) is 0 Å². The Labute approximate surface area is 154 Å². The number of carbonyl (C=O) groups is 1. The number of esters is 1. The van der Waals surface area contributed by atoms with Crippen LogP contribution in [0.1, 0.15) is 66.7 Å². The number of methoxy groups -OCH3 is 1. The number of aliphatic imine (C=N–C) groups is 1. The van der Waals surface area contributed by atoms with E-state index >= 15 is 0 Å². The van der Waals surface area contributed by atoms with E-state index < -0.39 is 0 Å². The first-order chi connectivity index (χ1) is 11.8. The van der Waals surface area contributed by atoms with Crippen molar-refractivity contribution in [2.75, 3.05) is 33.4 Å². The zero-order chi connectivity index (χ0) is 19.1. The summed E-state index contributed by atoms with van der Waals surface area (Å²) in [5.74, 6) is 0.744. The van der Waals surface area contributed by atoms with Crippen LogP contribution in [0.25, 0.3) is 0 Å². The van der Waals surface area contributed by atoms with Gasteiger partial charge in [-0.1, -0.05) is 33.6 Å². The van der Waals surface area contributed by atoms with E-state index in [4.69, 9.17) is 9.47 Å². The van der Waals surface area contributed by atoms with Crippen molar-refractivity contribution in [2.24, 2.45) is 10.4 Å². The fourth-order valence-electron chi connectivity index (χ4n) is 2.41. The van der Waals surface area contributed by atoms with E-state index in [9.17, 15) is 4.79 Å². The number of rotatable bonds is 12. The number of unbranched alkanes of at least 4 members (excludes halogenated alkanes) is 3. The van der Waals surface area contributed by atoms with E-state index in [1.54, 1.807) is 7.11 Å².